The van der Waals surface area contributed by atoms with Gasteiger partial charge in [-0.25, -0.2) is 0 Å². The average molecular weight is 158 g/mol. The Morgan fingerprint density at radius 1 is 1.27 bits per heavy atom. The van der Waals surface area contributed by atoms with Gasteiger partial charge < -0.3 is 4.74 Å². The Kier molecular flexibility index (Phi) is 6.94. The van der Waals surface area contributed by atoms with Crippen LogP contribution in [-0.2, 0) is 14.3 Å². The molecule has 0 amide bonds. The molecule has 0 atom stereocenters. The molecule has 0 aromatic rings. The summed E-state index contributed by atoms with van der Waals surface area (Å²) in [5.41, 5.74) is 0. The first kappa shape index (κ1) is 10.3. The summed E-state index contributed by atoms with van der Waals surface area (Å²) in [4.78, 5) is 20.1. The minimum absolute atomic E-state index is 0.496. The zero-order valence-electron chi connectivity index (χ0n) is 6.79. The lowest BCUT2D eigenvalue weighted by molar-refractivity contribution is -0.128. The molecular formula is C8H14O3. The minimum atomic E-state index is -0.855. The lowest BCUT2D eigenvalue weighted by Gasteiger charge is -2.03. The van der Waals surface area contributed by atoms with Crippen LogP contribution >= 0.6 is 0 Å². The van der Waals surface area contributed by atoms with Crippen molar-refractivity contribution < 1.29 is 14.3 Å². The third-order valence-corrected chi connectivity index (χ3v) is 1.33. The monoisotopic (exact) mass is 158 g/mol. The van der Waals surface area contributed by atoms with Crippen LogP contribution in [0.15, 0.2) is 0 Å². The normalized spacial score (nSPS) is 10.0. The molecule has 0 unspecified atom stereocenters. The van der Waals surface area contributed by atoms with Crippen molar-refractivity contribution in [3.8, 4) is 0 Å². The van der Waals surface area contributed by atoms with Crippen molar-refractivity contribution in [3.05, 3.63) is 0 Å². The predicted molar refractivity (Wildman–Crippen MR) is 41.4 cm³/mol. The van der Waals surface area contributed by atoms with Gasteiger partial charge >= 0.3 is 0 Å². The Bertz CT molecular complexity index is 104. The van der Waals surface area contributed by atoms with E-state index in [1.807, 2.05) is 0 Å². The van der Waals surface area contributed by atoms with Crippen molar-refractivity contribution in [1.29, 1.82) is 0 Å². The lowest BCUT2D eigenvalue weighted by atomic mass is 10.3. The van der Waals surface area contributed by atoms with Gasteiger partial charge in [-0.3, -0.25) is 9.59 Å². The number of carbonyl (C=O) groups excluding carboxylic acids is 2. The molecule has 0 fully saturated rings. The van der Waals surface area contributed by atoms with Crippen LogP contribution in [0.1, 0.15) is 26.2 Å². The molecule has 0 saturated heterocycles. The number of ether oxygens (including phenoxy) is 1. The minimum Gasteiger partial charge on any atom is -0.363 e. The molecule has 0 aliphatic heterocycles. The molecule has 3 nitrogen and oxygen atoms in total. The third-order valence-electron chi connectivity index (χ3n) is 1.33. The summed E-state index contributed by atoms with van der Waals surface area (Å²) >= 11 is 0. The van der Waals surface area contributed by atoms with Crippen molar-refractivity contribution >= 4 is 12.6 Å². The summed E-state index contributed by atoms with van der Waals surface area (Å²) in [5.74, 6) is 0. The van der Waals surface area contributed by atoms with Crippen molar-refractivity contribution in [1.82, 2.24) is 0 Å². The van der Waals surface area contributed by atoms with Gasteiger partial charge in [0, 0.05) is 6.61 Å². The van der Waals surface area contributed by atoms with Gasteiger partial charge in [0.2, 0.25) is 0 Å². The van der Waals surface area contributed by atoms with Crippen molar-refractivity contribution in [2.45, 2.75) is 32.3 Å². The Labute approximate surface area is 66.7 Å². The van der Waals surface area contributed by atoms with E-state index in [1.165, 1.54) is 0 Å². The lowest BCUT2D eigenvalue weighted by Crippen LogP contribution is -2.16. The number of rotatable bonds is 7. The van der Waals surface area contributed by atoms with Crippen LogP contribution in [0.2, 0.25) is 0 Å². The highest BCUT2D eigenvalue weighted by Crippen LogP contribution is 1.95. The van der Waals surface area contributed by atoms with E-state index in [2.05, 4.69) is 6.92 Å². The third kappa shape index (κ3) is 5.73. The smallest absolute Gasteiger partial charge is 0.168 e. The Hall–Kier alpha value is -0.700. The van der Waals surface area contributed by atoms with Gasteiger partial charge in [0.15, 0.2) is 18.7 Å². The maximum Gasteiger partial charge on any atom is 0.168 e. The molecule has 11 heavy (non-hydrogen) atoms. The Morgan fingerprint density at radius 2 is 1.91 bits per heavy atom. The maximum absolute atomic E-state index is 10.0. The second-order valence-electron chi connectivity index (χ2n) is 2.31. The fourth-order valence-corrected chi connectivity index (χ4v) is 0.682. The van der Waals surface area contributed by atoms with Gasteiger partial charge in [0.05, 0.1) is 0 Å². The summed E-state index contributed by atoms with van der Waals surface area (Å²) in [6.07, 6.45) is 3.26. The van der Waals surface area contributed by atoms with Crippen LogP contribution in [0, 0.1) is 0 Å². The molecule has 0 saturated carbocycles. The first-order valence-electron chi connectivity index (χ1n) is 3.87. The zero-order chi connectivity index (χ0) is 8.53. The van der Waals surface area contributed by atoms with E-state index in [0.29, 0.717) is 19.2 Å². The molecule has 0 aromatic heterocycles. The van der Waals surface area contributed by atoms with Gasteiger partial charge in [-0.15, -0.1) is 0 Å². The van der Waals surface area contributed by atoms with E-state index in [0.717, 1.165) is 19.3 Å². The molecule has 0 rings (SSSR count). The van der Waals surface area contributed by atoms with Gasteiger partial charge in [-0.1, -0.05) is 19.8 Å². The molecule has 0 bridgehead atoms. The van der Waals surface area contributed by atoms with Crippen molar-refractivity contribution in [2.24, 2.45) is 0 Å². The van der Waals surface area contributed by atoms with E-state index in [-0.39, 0.29) is 0 Å². The average Bonchev–Trinajstić information content (AvgIpc) is 2.05. The van der Waals surface area contributed by atoms with Crippen LogP contribution in [0.3, 0.4) is 0 Å². The van der Waals surface area contributed by atoms with Crippen LogP contribution in [-0.4, -0.2) is 25.3 Å². The molecule has 0 N–H and O–H groups in total. The zero-order valence-corrected chi connectivity index (χ0v) is 6.79. The second kappa shape index (κ2) is 7.41. The topological polar surface area (TPSA) is 43.4 Å². The number of aldehydes is 2. The Morgan fingerprint density at radius 3 is 2.36 bits per heavy atom. The van der Waals surface area contributed by atoms with Gasteiger partial charge in [-0.2, -0.15) is 0 Å². The summed E-state index contributed by atoms with van der Waals surface area (Å²) in [5, 5.41) is 0. The van der Waals surface area contributed by atoms with Crippen LogP contribution in [0.25, 0.3) is 0 Å². The van der Waals surface area contributed by atoms with E-state index in [4.69, 9.17) is 4.74 Å². The van der Waals surface area contributed by atoms with E-state index >= 15 is 0 Å². The van der Waals surface area contributed by atoms with Crippen LogP contribution < -0.4 is 0 Å². The molecule has 0 radical (unpaired) electrons. The van der Waals surface area contributed by atoms with E-state index < -0.39 is 6.10 Å². The van der Waals surface area contributed by atoms with Gasteiger partial charge in [-0.05, 0) is 6.42 Å². The fraction of sp³-hybridized carbons (Fsp3) is 0.750. The standard InChI is InChI=1S/C8H14O3/c1-2-3-4-5-11-8(6-9)7-10/h6-8H,2-5H2,1H3. The number of unbranched alkanes of at least 4 members (excludes halogenated alkanes) is 2. The van der Waals surface area contributed by atoms with Gasteiger partial charge in [0.1, 0.15) is 0 Å². The predicted octanol–water partition coefficient (Wildman–Crippen LogP) is 0.960. The second-order valence-corrected chi connectivity index (χ2v) is 2.31. The highest BCUT2D eigenvalue weighted by Gasteiger charge is 2.02. The molecule has 0 aromatic carbocycles. The quantitative estimate of drug-likeness (QED) is 0.315. The highest BCUT2D eigenvalue weighted by atomic mass is 16.5. The van der Waals surface area contributed by atoms with Gasteiger partial charge in [0.25, 0.3) is 0 Å². The SMILES string of the molecule is CCCCCOC(C=O)C=O. The maximum atomic E-state index is 10.0. The first-order chi connectivity index (χ1) is 5.35. The summed E-state index contributed by atoms with van der Waals surface area (Å²) in [6, 6.07) is 0. The summed E-state index contributed by atoms with van der Waals surface area (Å²) < 4.78 is 4.91. The highest BCUT2D eigenvalue weighted by molar-refractivity contribution is 5.80. The van der Waals surface area contributed by atoms with Crippen molar-refractivity contribution in [3.63, 3.8) is 0 Å². The molecule has 0 spiro atoms. The summed E-state index contributed by atoms with van der Waals surface area (Å²) in [6.45, 7) is 2.58. The number of hydrogen-bond donors (Lipinski definition) is 0. The molecule has 0 aliphatic carbocycles. The molecule has 3 heteroatoms. The van der Waals surface area contributed by atoms with E-state index in [1.54, 1.807) is 0 Å². The fourth-order valence-electron chi connectivity index (χ4n) is 0.682. The molecular weight excluding hydrogens is 144 g/mol. The van der Waals surface area contributed by atoms with Crippen LogP contribution in [0.4, 0.5) is 0 Å². The largest absolute Gasteiger partial charge is 0.363 e. The first-order valence-corrected chi connectivity index (χ1v) is 3.87. The summed E-state index contributed by atoms with van der Waals surface area (Å²) in [7, 11) is 0. The van der Waals surface area contributed by atoms with Crippen LogP contribution in [0.5, 0.6) is 0 Å². The van der Waals surface area contributed by atoms with Crippen molar-refractivity contribution in [2.75, 3.05) is 6.61 Å². The number of carbonyl (C=O) groups is 2. The molecule has 0 heterocycles. The molecule has 64 valence electrons. The molecule has 0 aliphatic rings. The Balaban J connectivity index is 3.21. The number of hydrogen-bond acceptors (Lipinski definition) is 3. The van der Waals surface area contributed by atoms with E-state index in [9.17, 15) is 9.59 Å².